The van der Waals surface area contributed by atoms with Crippen molar-refractivity contribution in [2.24, 2.45) is 0 Å². The number of carbonyl (C=O) groups is 2. The first kappa shape index (κ1) is 18.0. The highest BCUT2D eigenvalue weighted by Crippen LogP contribution is 2.31. The zero-order valence-corrected chi connectivity index (χ0v) is 14.6. The molecule has 0 spiro atoms. The maximum Gasteiger partial charge on any atom is 0.227 e. The molecule has 1 atom stereocenters. The molecular formula is C19H21FN4O2. The fourth-order valence-electron chi connectivity index (χ4n) is 3.14. The molecule has 1 aromatic heterocycles. The second kappa shape index (κ2) is 8.03. The summed E-state index contributed by atoms with van der Waals surface area (Å²) in [6, 6.07) is 5.87. The lowest BCUT2D eigenvalue weighted by Gasteiger charge is -2.24. The summed E-state index contributed by atoms with van der Waals surface area (Å²) in [5.41, 5.74) is 2.18. The molecule has 26 heavy (non-hydrogen) atoms. The van der Waals surface area contributed by atoms with Gasteiger partial charge in [0.15, 0.2) is 0 Å². The first-order valence-electron chi connectivity index (χ1n) is 8.62. The Morgan fingerprint density at radius 2 is 2.04 bits per heavy atom. The van der Waals surface area contributed by atoms with Crippen LogP contribution in [-0.2, 0) is 22.6 Å². The first-order chi connectivity index (χ1) is 12.5. The van der Waals surface area contributed by atoms with Crippen molar-refractivity contribution in [3.05, 3.63) is 59.4 Å². The lowest BCUT2D eigenvalue weighted by Crippen LogP contribution is -2.32. The van der Waals surface area contributed by atoms with Gasteiger partial charge in [-0.25, -0.2) is 4.39 Å². The van der Waals surface area contributed by atoms with Crippen LogP contribution in [0.4, 0.5) is 4.39 Å². The van der Waals surface area contributed by atoms with Crippen molar-refractivity contribution in [1.82, 2.24) is 20.2 Å². The number of nitrogens with zero attached hydrogens (tertiary/aromatic N) is 3. The van der Waals surface area contributed by atoms with E-state index in [1.54, 1.807) is 24.5 Å². The van der Waals surface area contributed by atoms with Gasteiger partial charge in [0.05, 0.1) is 42.8 Å². The van der Waals surface area contributed by atoms with Crippen LogP contribution in [0.5, 0.6) is 0 Å². The Hall–Kier alpha value is -2.83. The van der Waals surface area contributed by atoms with E-state index in [1.165, 1.54) is 19.1 Å². The van der Waals surface area contributed by atoms with E-state index in [0.717, 1.165) is 24.1 Å². The molecule has 3 rings (SSSR count). The van der Waals surface area contributed by atoms with Crippen molar-refractivity contribution in [3.63, 3.8) is 0 Å². The number of aromatic nitrogens is 2. The van der Waals surface area contributed by atoms with E-state index in [4.69, 9.17) is 0 Å². The fourth-order valence-corrected chi connectivity index (χ4v) is 3.14. The molecule has 6 nitrogen and oxygen atoms in total. The van der Waals surface area contributed by atoms with Gasteiger partial charge in [-0.2, -0.15) is 0 Å². The molecule has 2 amide bonds. The van der Waals surface area contributed by atoms with Crippen molar-refractivity contribution in [3.8, 4) is 0 Å². The Labute approximate surface area is 151 Å². The molecule has 1 fully saturated rings. The van der Waals surface area contributed by atoms with Gasteiger partial charge in [-0.3, -0.25) is 19.6 Å². The van der Waals surface area contributed by atoms with Crippen LogP contribution in [0.3, 0.4) is 0 Å². The first-order valence-corrected chi connectivity index (χ1v) is 8.62. The Balaban J connectivity index is 1.71. The zero-order chi connectivity index (χ0) is 18.5. The van der Waals surface area contributed by atoms with E-state index in [-0.39, 0.29) is 30.1 Å². The predicted molar refractivity (Wildman–Crippen MR) is 93.3 cm³/mol. The molecular weight excluding hydrogens is 335 g/mol. The quantitative estimate of drug-likeness (QED) is 0.891. The third kappa shape index (κ3) is 4.41. The molecule has 2 heterocycles. The third-order valence-corrected chi connectivity index (χ3v) is 4.40. The van der Waals surface area contributed by atoms with Gasteiger partial charge in [0.1, 0.15) is 5.82 Å². The highest BCUT2D eigenvalue weighted by molar-refractivity contribution is 5.79. The Morgan fingerprint density at radius 1 is 1.27 bits per heavy atom. The molecule has 1 aromatic carbocycles. The number of likely N-dealkylation sites (tertiary alicyclic amines) is 1. The van der Waals surface area contributed by atoms with E-state index in [1.807, 2.05) is 4.90 Å². The van der Waals surface area contributed by atoms with Gasteiger partial charge in [-0.05, 0) is 30.5 Å². The minimum atomic E-state index is -0.313. The highest BCUT2D eigenvalue weighted by Gasteiger charge is 2.31. The largest absolute Gasteiger partial charge is 0.351 e. The average molecular weight is 356 g/mol. The van der Waals surface area contributed by atoms with Gasteiger partial charge in [0.25, 0.3) is 0 Å². The minimum absolute atomic E-state index is 0.00632. The molecule has 0 unspecified atom stereocenters. The van der Waals surface area contributed by atoms with Gasteiger partial charge >= 0.3 is 0 Å². The van der Waals surface area contributed by atoms with E-state index in [2.05, 4.69) is 15.3 Å². The summed E-state index contributed by atoms with van der Waals surface area (Å²) in [6.07, 6.45) is 5.24. The highest BCUT2D eigenvalue weighted by atomic mass is 19.1. The average Bonchev–Trinajstić information content (AvgIpc) is 3.12. The van der Waals surface area contributed by atoms with E-state index < -0.39 is 0 Å². The fraction of sp³-hybridized carbons (Fsp3) is 0.368. The lowest BCUT2D eigenvalue weighted by atomic mass is 10.1. The molecule has 136 valence electrons. The van der Waals surface area contributed by atoms with Crippen LogP contribution >= 0.6 is 0 Å². The maximum atomic E-state index is 13.0. The van der Waals surface area contributed by atoms with Gasteiger partial charge in [-0.1, -0.05) is 12.1 Å². The summed E-state index contributed by atoms with van der Waals surface area (Å²) in [6.45, 7) is 2.43. The predicted octanol–water partition coefficient (Wildman–Crippen LogP) is 2.16. The van der Waals surface area contributed by atoms with Gasteiger partial charge in [0.2, 0.25) is 11.8 Å². The van der Waals surface area contributed by atoms with Crippen molar-refractivity contribution in [1.29, 1.82) is 0 Å². The van der Waals surface area contributed by atoms with Crippen molar-refractivity contribution < 1.29 is 14.0 Å². The molecule has 1 aliphatic rings. The molecule has 0 bridgehead atoms. The standard InChI is InChI=1S/C19H21FN4O2/c1-13(25)22-11-16-10-21-12-17(23-16)18-3-2-8-24(18)19(26)9-14-4-6-15(20)7-5-14/h4-7,10,12,18H,2-3,8-9,11H2,1H3,(H,22,25)/t18-/m0/s1. The topological polar surface area (TPSA) is 75.2 Å². The van der Waals surface area contributed by atoms with Gasteiger partial charge < -0.3 is 10.2 Å². The second-order valence-corrected chi connectivity index (χ2v) is 6.39. The summed E-state index contributed by atoms with van der Waals surface area (Å²) >= 11 is 0. The molecule has 1 N–H and O–H groups in total. The molecule has 0 radical (unpaired) electrons. The van der Waals surface area contributed by atoms with Crippen LogP contribution in [0.1, 0.15) is 42.8 Å². The SMILES string of the molecule is CC(=O)NCc1cncc([C@@H]2CCCN2C(=O)Cc2ccc(F)cc2)n1. The maximum absolute atomic E-state index is 13.0. The number of hydrogen-bond acceptors (Lipinski definition) is 4. The Bertz CT molecular complexity index is 794. The van der Waals surface area contributed by atoms with Crippen LogP contribution in [0.15, 0.2) is 36.7 Å². The number of hydrogen-bond donors (Lipinski definition) is 1. The Morgan fingerprint density at radius 3 is 2.77 bits per heavy atom. The van der Waals surface area contributed by atoms with Gasteiger partial charge in [0, 0.05) is 13.5 Å². The number of halogens is 1. The normalized spacial score (nSPS) is 16.5. The number of benzene rings is 1. The molecule has 7 heteroatoms. The van der Waals surface area contributed by atoms with Crippen LogP contribution < -0.4 is 5.32 Å². The molecule has 2 aromatic rings. The van der Waals surface area contributed by atoms with Crippen molar-refractivity contribution in [2.45, 2.75) is 38.8 Å². The summed E-state index contributed by atoms with van der Waals surface area (Å²) in [7, 11) is 0. The molecule has 0 aliphatic carbocycles. The minimum Gasteiger partial charge on any atom is -0.351 e. The number of nitrogens with one attached hydrogen (secondary N) is 1. The molecule has 0 saturated carbocycles. The summed E-state index contributed by atoms with van der Waals surface area (Å²) in [5.74, 6) is -0.450. The number of amides is 2. The number of rotatable bonds is 5. The summed E-state index contributed by atoms with van der Waals surface area (Å²) in [4.78, 5) is 34.3. The van der Waals surface area contributed by atoms with E-state index >= 15 is 0 Å². The second-order valence-electron chi connectivity index (χ2n) is 6.39. The van der Waals surface area contributed by atoms with Crippen molar-refractivity contribution >= 4 is 11.8 Å². The molecule has 1 aliphatic heterocycles. The van der Waals surface area contributed by atoms with Crippen LogP contribution in [0.25, 0.3) is 0 Å². The Kier molecular flexibility index (Phi) is 5.55. The van der Waals surface area contributed by atoms with Crippen molar-refractivity contribution in [2.75, 3.05) is 6.54 Å². The third-order valence-electron chi connectivity index (χ3n) is 4.40. The van der Waals surface area contributed by atoms with Crippen LogP contribution in [0.2, 0.25) is 0 Å². The van der Waals surface area contributed by atoms with Gasteiger partial charge in [-0.15, -0.1) is 0 Å². The van der Waals surface area contributed by atoms with E-state index in [9.17, 15) is 14.0 Å². The molecule has 1 saturated heterocycles. The van der Waals surface area contributed by atoms with E-state index in [0.29, 0.717) is 18.8 Å². The zero-order valence-electron chi connectivity index (χ0n) is 14.6. The lowest BCUT2D eigenvalue weighted by molar-refractivity contribution is -0.131. The van der Waals surface area contributed by atoms with Crippen LogP contribution in [0, 0.1) is 5.82 Å². The monoisotopic (exact) mass is 356 g/mol. The summed E-state index contributed by atoms with van der Waals surface area (Å²) in [5, 5.41) is 2.70. The smallest absolute Gasteiger partial charge is 0.227 e. The number of carbonyl (C=O) groups excluding carboxylic acids is 2. The van der Waals surface area contributed by atoms with Crippen LogP contribution in [-0.4, -0.2) is 33.2 Å². The summed E-state index contributed by atoms with van der Waals surface area (Å²) < 4.78 is 13.0.